The molecule has 1 aromatic carbocycles. The van der Waals surface area contributed by atoms with Gasteiger partial charge < -0.3 is 15.0 Å². The number of aromatic nitrogens is 1. The van der Waals surface area contributed by atoms with Crippen molar-refractivity contribution in [3.05, 3.63) is 58.6 Å². The van der Waals surface area contributed by atoms with Crippen LogP contribution in [0, 0.1) is 0 Å². The number of benzene rings is 1. The lowest BCUT2D eigenvalue weighted by atomic mass is 10.2. The second-order valence-electron chi connectivity index (χ2n) is 5.00. The SMILES string of the molecule is C=CC(=O)N(C)c1ccc(C(=O)NCc2csc(COC)n2)cc1. The van der Waals surface area contributed by atoms with Crippen LogP contribution in [0.3, 0.4) is 0 Å². The molecule has 0 aliphatic rings. The minimum absolute atomic E-state index is 0.194. The summed E-state index contributed by atoms with van der Waals surface area (Å²) in [6, 6.07) is 6.79. The molecule has 0 radical (unpaired) electrons. The maximum Gasteiger partial charge on any atom is 0.251 e. The fraction of sp³-hybridized carbons (Fsp3) is 0.235. The van der Waals surface area contributed by atoms with Crippen molar-refractivity contribution in [1.82, 2.24) is 10.3 Å². The molecule has 126 valence electrons. The Labute approximate surface area is 144 Å². The van der Waals surface area contributed by atoms with E-state index in [1.54, 1.807) is 38.4 Å². The van der Waals surface area contributed by atoms with E-state index in [-0.39, 0.29) is 11.8 Å². The van der Waals surface area contributed by atoms with Crippen LogP contribution < -0.4 is 10.2 Å². The number of hydrogen-bond acceptors (Lipinski definition) is 5. The van der Waals surface area contributed by atoms with Crippen LogP contribution in [0.4, 0.5) is 5.69 Å². The molecule has 0 aliphatic carbocycles. The van der Waals surface area contributed by atoms with Gasteiger partial charge in [0.25, 0.3) is 5.91 Å². The van der Waals surface area contributed by atoms with E-state index in [4.69, 9.17) is 4.74 Å². The molecule has 0 spiro atoms. The Kier molecular flexibility index (Phi) is 6.22. The molecule has 0 fully saturated rings. The summed E-state index contributed by atoms with van der Waals surface area (Å²) < 4.78 is 5.02. The number of carbonyl (C=O) groups excluding carboxylic acids is 2. The number of methoxy groups -OCH3 is 1. The van der Waals surface area contributed by atoms with Gasteiger partial charge in [-0.05, 0) is 30.3 Å². The highest BCUT2D eigenvalue weighted by atomic mass is 32.1. The van der Waals surface area contributed by atoms with Gasteiger partial charge in [-0.1, -0.05) is 6.58 Å². The Bertz CT molecular complexity index is 725. The van der Waals surface area contributed by atoms with E-state index in [0.29, 0.717) is 24.4 Å². The predicted octanol–water partition coefficient (Wildman–Crippen LogP) is 2.37. The van der Waals surface area contributed by atoms with Gasteiger partial charge in [0, 0.05) is 30.8 Å². The maximum absolute atomic E-state index is 12.2. The van der Waals surface area contributed by atoms with Crippen LogP contribution in [0.1, 0.15) is 21.1 Å². The van der Waals surface area contributed by atoms with Crippen molar-refractivity contribution in [2.75, 3.05) is 19.1 Å². The van der Waals surface area contributed by atoms with Gasteiger partial charge in [0.1, 0.15) is 5.01 Å². The van der Waals surface area contributed by atoms with E-state index >= 15 is 0 Å². The van der Waals surface area contributed by atoms with Gasteiger partial charge in [0.05, 0.1) is 18.8 Å². The number of nitrogens with zero attached hydrogens (tertiary/aromatic N) is 2. The van der Waals surface area contributed by atoms with Gasteiger partial charge in [0.15, 0.2) is 0 Å². The van der Waals surface area contributed by atoms with Crippen molar-refractivity contribution in [2.24, 2.45) is 0 Å². The standard InChI is InChI=1S/C17H19N3O3S/c1-4-16(21)20(2)14-7-5-12(6-8-14)17(22)18-9-13-11-24-15(19-13)10-23-3/h4-8,11H,1,9-10H2,2-3H3,(H,18,22). The number of nitrogens with one attached hydrogen (secondary N) is 1. The number of ether oxygens (including phenoxy) is 1. The van der Waals surface area contributed by atoms with Crippen molar-refractivity contribution in [3.63, 3.8) is 0 Å². The minimum atomic E-state index is -0.206. The number of likely N-dealkylation sites (N-methyl/N-ethyl adjacent to an activating group) is 1. The van der Waals surface area contributed by atoms with Crippen LogP contribution in [0.5, 0.6) is 0 Å². The number of amides is 2. The van der Waals surface area contributed by atoms with E-state index < -0.39 is 0 Å². The largest absolute Gasteiger partial charge is 0.378 e. The Morgan fingerprint density at radius 3 is 2.71 bits per heavy atom. The molecule has 24 heavy (non-hydrogen) atoms. The van der Waals surface area contributed by atoms with Crippen molar-refractivity contribution in [3.8, 4) is 0 Å². The third kappa shape index (κ3) is 4.50. The molecule has 0 saturated heterocycles. The highest BCUT2D eigenvalue weighted by Gasteiger charge is 2.10. The van der Waals surface area contributed by atoms with Gasteiger partial charge in [-0.2, -0.15) is 0 Å². The van der Waals surface area contributed by atoms with E-state index in [1.165, 1.54) is 22.3 Å². The van der Waals surface area contributed by atoms with Crippen LogP contribution in [0.2, 0.25) is 0 Å². The van der Waals surface area contributed by atoms with Gasteiger partial charge in [0.2, 0.25) is 5.91 Å². The first kappa shape index (κ1) is 17.8. The second-order valence-corrected chi connectivity index (χ2v) is 5.94. The Balaban J connectivity index is 1.94. The van der Waals surface area contributed by atoms with Crippen LogP contribution in [0.25, 0.3) is 0 Å². The first-order valence-electron chi connectivity index (χ1n) is 7.25. The fourth-order valence-corrected chi connectivity index (χ4v) is 2.76. The molecule has 2 aromatic rings. The Morgan fingerprint density at radius 2 is 2.08 bits per heavy atom. The van der Waals surface area contributed by atoms with Crippen LogP contribution in [-0.4, -0.2) is 31.0 Å². The number of carbonyl (C=O) groups is 2. The maximum atomic E-state index is 12.2. The van der Waals surface area contributed by atoms with Gasteiger partial charge in [-0.25, -0.2) is 4.98 Å². The van der Waals surface area contributed by atoms with Crippen LogP contribution in [-0.2, 0) is 22.7 Å². The average molecular weight is 345 g/mol. The molecule has 6 nitrogen and oxygen atoms in total. The zero-order valence-corrected chi connectivity index (χ0v) is 14.4. The molecule has 0 unspecified atom stereocenters. The lowest BCUT2D eigenvalue weighted by molar-refractivity contribution is -0.113. The van der Waals surface area contributed by atoms with Crippen LogP contribution in [0.15, 0.2) is 42.3 Å². The first-order valence-corrected chi connectivity index (χ1v) is 8.13. The second kappa shape index (κ2) is 8.37. The summed E-state index contributed by atoms with van der Waals surface area (Å²) in [6.45, 7) is 4.28. The fourth-order valence-electron chi connectivity index (χ4n) is 1.99. The molecule has 2 rings (SSSR count). The van der Waals surface area contributed by atoms with E-state index in [9.17, 15) is 9.59 Å². The molecule has 1 aromatic heterocycles. The van der Waals surface area contributed by atoms with E-state index in [0.717, 1.165) is 10.7 Å². The first-order chi connectivity index (χ1) is 11.5. The Hall–Kier alpha value is -2.51. The molecule has 1 N–H and O–H groups in total. The minimum Gasteiger partial charge on any atom is -0.378 e. The zero-order valence-electron chi connectivity index (χ0n) is 13.6. The predicted molar refractivity (Wildman–Crippen MR) is 94.0 cm³/mol. The molecule has 2 amide bonds. The number of thiazole rings is 1. The highest BCUT2D eigenvalue weighted by Crippen LogP contribution is 2.15. The molecule has 7 heteroatoms. The quantitative estimate of drug-likeness (QED) is 0.782. The summed E-state index contributed by atoms with van der Waals surface area (Å²) >= 11 is 1.50. The smallest absolute Gasteiger partial charge is 0.251 e. The molecular formula is C17H19N3O3S. The molecule has 0 saturated carbocycles. The lowest BCUT2D eigenvalue weighted by Crippen LogP contribution is -2.25. The van der Waals surface area contributed by atoms with Crippen molar-refractivity contribution in [1.29, 1.82) is 0 Å². The summed E-state index contributed by atoms with van der Waals surface area (Å²) in [5.41, 5.74) is 2.01. The molecule has 1 heterocycles. The molecule has 0 atom stereocenters. The number of rotatable bonds is 7. The highest BCUT2D eigenvalue weighted by molar-refractivity contribution is 7.09. The van der Waals surface area contributed by atoms with Crippen molar-refractivity contribution >= 4 is 28.8 Å². The third-order valence-electron chi connectivity index (χ3n) is 3.32. The summed E-state index contributed by atoms with van der Waals surface area (Å²) in [5, 5.41) is 5.59. The lowest BCUT2D eigenvalue weighted by Gasteiger charge is -2.15. The number of anilines is 1. The molecule has 0 aliphatic heterocycles. The zero-order chi connectivity index (χ0) is 17.5. The van der Waals surface area contributed by atoms with Gasteiger partial charge >= 0.3 is 0 Å². The normalized spacial score (nSPS) is 10.2. The summed E-state index contributed by atoms with van der Waals surface area (Å²) in [6.07, 6.45) is 1.24. The van der Waals surface area contributed by atoms with Crippen LogP contribution >= 0.6 is 11.3 Å². The van der Waals surface area contributed by atoms with Gasteiger partial charge in [-0.3, -0.25) is 9.59 Å². The van der Waals surface area contributed by atoms with E-state index in [2.05, 4.69) is 16.9 Å². The summed E-state index contributed by atoms with van der Waals surface area (Å²) in [5.74, 6) is -0.400. The van der Waals surface area contributed by atoms with Crippen molar-refractivity contribution in [2.45, 2.75) is 13.2 Å². The third-order valence-corrected chi connectivity index (χ3v) is 4.19. The number of hydrogen-bond donors (Lipinski definition) is 1. The summed E-state index contributed by atoms with van der Waals surface area (Å²) in [7, 11) is 3.27. The molecule has 0 bridgehead atoms. The summed E-state index contributed by atoms with van der Waals surface area (Å²) in [4.78, 5) is 29.5. The topological polar surface area (TPSA) is 71.5 Å². The molecular weight excluding hydrogens is 326 g/mol. The Morgan fingerprint density at radius 1 is 1.38 bits per heavy atom. The van der Waals surface area contributed by atoms with Crippen molar-refractivity contribution < 1.29 is 14.3 Å². The van der Waals surface area contributed by atoms with Gasteiger partial charge in [-0.15, -0.1) is 11.3 Å². The monoisotopic (exact) mass is 345 g/mol. The van der Waals surface area contributed by atoms with E-state index in [1.807, 2.05) is 5.38 Å². The average Bonchev–Trinajstić information content (AvgIpc) is 3.06.